The third-order valence-corrected chi connectivity index (χ3v) is 5.45. The second kappa shape index (κ2) is 7.36. The molecule has 0 aliphatic heterocycles. The van der Waals surface area contributed by atoms with Crippen LogP contribution >= 0.6 is 0 Å². The molecule has 0 fully saturated rings. The SMILES string of the molecule is CC(C)(c1ccccc1)c1c(O)ccc(-c2ccccc2)c1-c1ccccc1. The first-order valence-corrected chi connectivity index (χ1v) is 9.62. The minimum Gasteiger partial charge on any atom is -0.508 e. The highest BCUT2D eigenvalue weighted by molar-refractivity contribution is 5.88. The molecular weight excluding hydrogens is 340 g/mol. The van der Waals surface area contributed by atoms with Crippen LogP contribution in [0.3, 0.4) is 0 Å². The van der Waals surface area contributed by atoms with Crippen LogP contribution in [0.2, 0.25) is 0 Å². The van der Waals surface area contributed by atoms with Crippen LogP contribution in [0.4, 0.5) is 0 Å². The molecule has 0 amide bonds. The fraction of sp³-hybridized carbons (Fsp3) is 0.111. The average Bonchev–Trinajstić information content (AvgIpc) is 2.75. The number of rotatable bonds is 4. The normalized spacial score (nSPS) is 11.4. The zero-order valence-corrected chi connectivity index (χ0v) is 16.3. The molecule has 4 aromatic rings. The highest BCUT2D eigenvalue weighted by Gasteiger charge is 2.31. The largest absolute Gasteiger partial charge is 0.508 e. The summed E-state index contributed by atoms with van der Waals surface area (Å²) in [7, 11) is 0. The molecule has 0 aliphatic carbocycles. The van der Waals surface area contributed by atoms with E-state index in [0.29, 0.717) is 5.75 Å². The number of benzene rings is 4. The van der Waals surface area contributed by atoms with E-state index in [-0.39, 0.29) is 5.41 Å². The van der Waals surface area contributed by atoms with E-state index in [1.807, 2.05) is 42.5 Å². The molecule has 0 saturated heterocycles. The summed E-state index contributed by atoms with van der Waals surface area (Å²) in [6, 6.07) is 35.0. The van der Waals surface area contributed by atoms with Crippen molar-refractivity contribution in [2.24, 2.45) is 0 Å². The van der Waals surface area contributed by atoms with E-state index in [4.69, 9.17) is 0 Å². The molecule has 0 radical (unpaired) electrons. The van der Waals surface area contributed by atoms with Crippen LogP contribution in [0.1, 0.15) is 25.0 Å². The van der Waals surface area contributed by atoms with Gasteiger partial charge in [-0.05, 0) is 33.9 Å². The van der Waals surface area contributed by atoms with Crippen LogP contribution in [0.15, 0.2) is 103 Å². The molecule has 0 spiro atoms. The highest BCUT2D eigenvalue weighted by Crippen LogP contribution is 2.47. The van der Waals surface area contributed by atoms with Crippen LogP contribution in [0.5, 0.6) is 5.75 Å². The van der Waals surface area contributed by atoms with Crippen LogP contribution in [-0.2, 0) is 5.41 Å². The number of phenolic OH excluding ortho intramolecular Hbond substituents is 1. The van der Waals surface area contributed by atoms with Gasteiger partial charge in [0.05, 0.1) is 0 Å². The third-order valence-electron chi connectivity index (χ3n) is 5.45. The quantitative estimate of drug-likeness (QED) is 0.411. The van der Waals surface area contributed by atoms with Crippen LogP contribution in [0, 0.1) is 0 Å². The van der Waals surface area contributed by atoms with Gasteiger partial charge < -0.3 is 5.11 Å². The molecule has 1 nitrogen and oxygen atoms in total. The molecule has 0 saturated carbocycles. The summed E-state index contributed by atoms with van der Waals surface area (Å²) < 4.78 is 0. The van der Waals surface area contributed by atoms with Crippen molar-refractivity contribution < 1.29 is 5.11 Å². The minimum atomic E-state index is -0.360. The maximum Gasteiger partial charge on any atom is 0.120 e. The Morgan fingerprint density at radius 3 is 1.64 bits per heavy atom. The third kappa shape index (κ3) is 3.20. The van der Waals surface area contributed by atoms with Crippen molar-refractivity contribution in [2.45, 2.75) is 19.3 Å². The smallest absolute Gasteiger partial charge is 0.120 e. The molecular formula is C27H24O. The van der Waals surface area contributed by atoms with Gasteiger partial charge in [0, 0.05) is 11.0 Å². The summed E-state index contributed by atoms with van der Waals surface area (Å²) in [5.74, 6) is 0.326. The zero-order valence-electron chi connectivity index (χ0n) is 16.3. The highest BCUT2D eigenvalue weighted by atomic mass is 16.3. The van der Waals surface area contributed by atoms with E-state index >= 15 is 0 Å². The molecule has 1 N–H and O–H groups in total. The maximum absolute atomic E-state index is 11.0. The van der Waals surface area contributed by atoms with Gasteiger partial charge in [-0.25, -0.2) is 0 Å². The molecule has 1 heteroatoms. The summed E-state index contributed by atoms with van der Waals surface area (Å²) in [5.41, 5.74) is 6.23. The molecule has 28 heavy (non-hydrogen) atoms. The maximum atomic E-state index is 11.0. The Bertz CT molecular complexity index is 1070. The first-order valence-electron chi connectivity index (χ1n) is 9.62. The molecule has 4 aromatic carbocycles. The molecule has 4 rings (SSSR count). The monoisotopic (exact) mass is 364 g/mol. The minimum absolute atomic E-state index is 0.326. The second-order valence-corrected chi connectivity index (χ2v) is 7.61. The lowest BCUT2D eigenvalue weighted by Crippen LogP contribution is -2.20. The molecule has 0 aromatic heterocycles. The lowest BCUT2D eigenvalue weighted by Gasteiger charge is -2.31. The van der Waals surface area contributed by atoms with Crippen molar-refractivity contribution in [3.63, 3.8) is 0 Å². The van der Waals surface area contributed by atoms with Crippen molar-refractivity contribution in [1.29, 1.82) is 0 Å². The molecule has 0 aliphatic rings. The first-order chi connectivity index (χ1) is 13.6. The Kier molecular flexibility index (Phi) is 4.75. The summed E-state index contributed by atoms with van der Waals surface area (Å²) in [5, 5.41) is 11.0. The Balaban J connectivity index is 2.06. The van der Waals surface area contributed by atoms with Gasteiger partial charge in [0.2, 0.25) is 0 Å². The molecule has 138 valence electrons. The van der Waals surface area contributed by atoms with Gasteiger partial charge in [0.25, 0.3) is 0 Å². The van der Waals surface area contributed by atoms with Crippen molar-refractivity contribution >= 4 is 0 Å². The van der Waals surface area contributed by atoms with E-state index in [1.54, 1.807) is 0 Å². The van der Waals surface area contributed by atoms with Crippen molar-refractivity contribution in [3.05, 3.63) is 114 Å². The topological polar surface area (TPSA) is 20.2 Å². The Labute approximate surface area is 166 Å². The predicted molar refractivity (Wildman–Crippen MR) is 118 cm³/mol. The number of hydrogen-bond acceptors (Lipinski definition) is 1. The fourth-order valence-corrected chi connectivity index (χ4v) is 3.99. The van der Waals surface area contributed by atoms with Gasteiger partial charge in [-0.2, -0.15) is 0 Å². The van der Waals surface area contributed by atoms with Gasteiger partial charge in [0.1, 0.15) is 5.75 Å². The Morgan fingerprint density at radius 1 is 0.571 bits per heavy atom. The average molecular weight is 364 g/mol. The van der Waals surface area contributed by atoms with Gasteiger partial charge in [0.15, 0.2) is 0 Å². The second-order valence-electron chi connectivity index (χ2n) is 7.61. The van der Waals surface area contributed by atoms with Crippen molar-refractivity contribution in [1.82, 2.24) is 0 Å². The van der Waals surface area contributed by atoms with Gasteiger partial charge in [-0.1, -0.05) is 111 Å². The van der Waals surface area contributed by atoms with Crippen molar-refractivity contribution in [2.75, 3.05) is 0 Å². The molecule has 0 unspecified atom stereocenters. The molecule has 0 atom stereocenters. The van der Waals surface area contributed by atoms with Gasteiger partial charge in [-0.15, -0.1) is 0 Å². The first kappa shape index (κ1) is 18.1. The van der Waals surface area contributed by atoms with E-state index in [1.165, 1.54) is 5.56 Å². The van der Waals surface area contributed by atoms with Crippen LogP contribution in [0.25, 0.3) is 22.3 Å². The number of aromatic hydroxyl groups is 1. The Hall–Kier alpha value is -3.32. The molecule has 0 bridgehead atoms. The number of hydrogen-bond donors (Lipinski definition) is 1. The van der Waals surface area contributed by atoms with Gasteiger partial charge in [-0.3, -0.25) is 0 Å². The van der Waals surface area contributed by atoms with E-state index in [2.05, 4.69) is 74.5 Å². The summed E-state index contributed by atoms with van der Waals surface area (Å²) in [6.45, 7) is 4.36. The lowest BCUT2D eigenvalue weighted by atomic mass is 9.73. The zero-order chi connectivity index (χ0) is 19.6. The van der Waals surface area contributed by atoms with Crippen LogP contribution in [-0.4, -0.2) is 5.11 Å². The van der Waals surface area contributed by atoms with Crippen molar-refractivity contribution in [3.8, 4) is 28.0 Å². The predicted octanol–water partition coefficient (Wildman–Crippen LogP) is 7.05. The van der Waals surface area contributed by atoms with Gasteiger partial charge >= 0.3 is 0 Å². The van der Waals surface area contributed by atoms with Crippen LogP contribution < -0.4 is 0 Å². The Morgan fingerprint density at radius 2 is 1.07 bits per heavy atom. The summed E-state index contributed by atoms with van der Waals surface area (Å²) in [4.78, 5) is 0. The summed E-state index contributed by atoms with van der Waals surface area (Å²) >= 11 is 0. The lowest BCUT2D eigenvalue weighted by molar-refractivity contribution is 0.454. The van der Waals surface area contributed by atoms with E-state index in [9.17, 15) is 5.11 Å². The van der Waals surface area contributed by atoms with E-state index < -0.39 is 0 Å². The van der Waals surface area contributed by atoms with E-state index in [0.717, 1.165) is 27.8 Å². The standard InChI is InChI=1S/C27H24O/c1-27(2,22-16-10-5-11-17-22)26-24(28)19-18-23(20-12-6-3-7-13-20)25(26)21-14-8-4-9-15-21/h3-19,28H,1-2H3. The molecule has 0 heterocycles. The summed E-state index contributed by atoms with van der Waals surface area (Å²) in [6.07, 6.45) is 0. The fourth-order valence-electron chi connectivity index (χ4n) is 3.99. The number of phenols is 1.